The molecule has 2 aromatic carbocycles. The summed E-state index contributed by atoms with van der Waals surface area (Å²) in [5.74, 6) is -2.10. The van der Waals surface area contributed by atoms with Gasteiger partial charge in [0.1, 0.15) is 0 Å². The highest BCUT2D eigenvalue weighted by molar-refractivity contribution is 6.04. The van der Waals surface area contributed by atoms with Crippen LogP contribution in [0, 0.1) is 11.6 Å². The van der Waals surface area contributed by atoms with Crippen molar-refractivity contribution in [2.75, 3.05) is 19.5 Å². The molecule has 0 aromatic heterocycles. The quantitative estimate of drug-likeness (QED) is 0.941. The molecule has 4 nitrogen and oxygen atoms in total. The number of carbonyl (C=O) groups excluding carboxylic acids is 1. The molecule has 110 valence electrons. The first-order valence-electron chi connectivity index (χ1n) is 6.04. The summed E-state index contributed by atoms with van der Waals surface area (Å²) >= 11 is 0. The largest absolute Gasteiger partial charge is 0.493 e. The van der Waals surface area contributed by atoms with Crippen LogP contribution in [0.25, 0.3) is 0 Å². The van der Waals surface area contributed by atoms with Crippen molar-refractivity contribution in [2.24, 2.45) is 0 Å². The monoisotopic (exact) mass is 293 g/mol. The summed E-state index contributed by atoms with van der Waals surface area (Å²) in [6, 6.07) is 8.10. The summed E-state index contributed by atoms with van der Waals surface area (Å²) in [6.07, 6.45) is 0. The molecule has 0 radical (unpaired) electrons. The van der Waals surface area contributed by atoms with Crippen LogP contribution in [-0.4, -0.2) is 20.1 Å². The summed E-state index contributed by atoms with van der Waals surface area (Å²) in [5, 5.41) is 2.47. The van der Waals surface area contributed by atoms with Gasteiger partial charge in [0, 0.05) is 11.8 Å². The number of benzene rings is 2. The Bertz CT molecular complexity index is 674. The number of carbonyl (C=O) groups is 1. The van der Waals surface area contributed by atoms with E-state index in [2.05, 4.69) is 5.32 Å². The Labute approximate surface area is 120 Å². The number of anilines is 1. The summed E-state index contributed by atoms with van der Waals surface area (Å²) in [6.45, 7) is 0. The zero-order chi connectivity index (χ0) is 15.4. The second-order valence-electron chi connectivity index (χ2n) is 4.13. The van der Waals surface area contributed by atoms with E-state index < -0.39 is 17.5 Å². The minimum Gasteiger partial charge on any atom is -0.493 e. The number of nitrogens with one attached hydrogen (secondary N) is 1. The van der Waals surface area contributed by atoms with Crippen LogP contribution < -0.4 is 14.8 Å². The molecule has 0 spiro atoms. The Morgan fingerprint density at radius 3 is 2.43 bits per heavy atom. The molecule has 1 N–H and O–H groups in total. The highest BCUT2D eigenvalue weighted by Crippen LogP contribution is 2.30. The van der Waals surface area contributed by atoms with Gasteiger partial charge in [-0.3, -0.25) is 4.79 Å². The molecule has 0 saturated heterocycles. The minimum atomic E-state index is -1.18. The van der Waals surface area contributed by atoms with Crippen molar-refractivity contribution in [3.05, 3.63) is 53.6 Å². The third-order valence-corrected chi connectivity index (χ3v) is 2.84. The number of halogens is 2. The Kier molecular flexibility index (Phi) is 4.37. The van der Waals surface area contributed by atoms with Crippen molar-refractivity contribution in [2.45, 2.75) is 0 Å². The van der Waals surface area contributed by atoms with Crippen molar-refractivity contribution in [1.29, 1.82) is 0 Å². The van der Waals surface area contributed by atoms with Crippen LogP contribution in [0.4, 0.5) is 14.5 Å². The summed E-state index contributed by atoms with van der Waals surface area (Å²) < 4.78 is 36.8. The molecule has 0 heterocycles. The second kappa shape index (κ2) is 6.21. The zero-order valence-electron chi connectivity index (χ0n) is 11.4. The normalized spacial score (nSPS) is 10.1. The van der Waals surface area contributed by atoms with Gasteiger partial charge in [-0.05, 0) is 24.3 Å². The fourth-order valence-corrected chi connectivity index (χ4v) is 1.79. The van der Waals surface area contributed by atoms with Crippen LogP contribution in [0.5, 0.6) is 11.5 Å². The van der Waals surface area contributed by atoms with Crippen LogP contribution in [-0.2, 0) is 0 Å². The Morgan fingerprint density at radius 2 is 1.76 bits per heavy atom. The van der Waals surface area contributed by atoms with E-state index in [1.807, 2.05) is 0 Å². The first-order valence-corrected chi connectivity index (χ1v) is 6.04. The Balaban J connectivity index is 2.25. The summed E-state index contributed by atoms with van der Waals surface area (Å²) in [7, 11) is 2.94. The summed E-state index contributed by atoms with van der Waals surface area (Å²) in [5.41, 5.74) is 0.00564. The molecule has 0 aliphatic heterocycles. The van der Waals surface area contributed by atoms with Gasteiger partial charge in [-0.2, -0.15) is 0 Å². The van der Waals surface area contributed by atoms with Gasteiger partial charge in [-0.25, -0.2) is 8.78 Å². The maximum atomic E-state index is 13.5. The van der Waals surface area contributed by atoms with Crippen molar-refractivity contribution in [3.63, 3.8) is 0 Å². The van der Waals surface area contributed by atoms with Crippen LogP contribution in [0.2, 0.25) is 0 Å². The molecule has 2 aromatic rings. The molecule has 2 rings (SSSR count). The number of rotatable bonds is 4. The van der Waals surface area contributed by atoms with Crippen LogP contribution in [0.3, 0.4) is 0 Å². The highest BCUT2D eigenvalue weighted by atomic mass is 19.2. The van der Waals surface area contributed by atoms with Crippen LogP contribution in [0.15, 0.2) is 36.4 Å². The van der Waals surface area contributed by atoms with E-state index in [0.717, 1.165) is 6.07 Å². The zero-order valence-corrected chi connectivity index (χ0v) is 11.4. The molecule has 0 aliphatic carbocycles. The molecule has 0 unspecified atom stereocenters. The van der Waals surface area contributed by atoms with Gasteiger partial charge >= 0.3 is 0 Å². The SMILES string of the molecule is COc1ccc(NC(=O)c2cccc(F)c2F)cc1OC. The number of amides is 1. The second-order valence-corrected chi connectivity index (χ2v) is 4.13. The predicted octanol–water partition coefficient (Wildman–Crippen LogP) is 3.23. The van der Waals surface area contributed by atoms with E-state index in [-0.39, 0.29) is 5.56 Å². The van der Waals surface area contributed by atoms with E-state index in [1.165, 1.54) is 32.4 Å². The average molecular weight is 293 g/mol. The molecule has 0 bridgehead atoms. The molecule has 0 saturated carbocycles. The van der Waals surface area contributed by atoms with Crippen molar-refractivity contribution >= 4 is 11.6 Å². The number of methoxy groups -OCH3 is 2. The smallest absolute Gasteiger partial charge is 0.258 e. The fraction of sp³-hybridized carbons (Fsp3) is 0.133. The average Bonchev–Trinajstić information content (AvgIpc) is 2.49. The fourth-order valence-electron chi connectivity index (χ4n) is 1.79. The first kappa shape index (κ1) is 14.8. The lowest BCUT2D eigenvalue weighted by Gasteiger charge is -2.11. The molecule has 21 heavy (non-hydrogen) atoms. The van der Waals surface area contributed by atoms with E-state index in [1.54, 1.807) is 12.1 Å². The maximum Gasteiger partial charge on any atom is 0.258 e. The lowest BCUT2D eigenvalue weighted by Crippen LogP contribution is -2.14. The number of hydrogen-bond donors (Lipinski definition) is 1. The van der Waals surface area contributed by atoms with Crippen molar-refractivity contribution < 1.29 is 23.0 Å². The van der Waals surface area contributed by atoms with Crippen molar-refractivity contribution in [1.82, 2.24) is 0 Å². The topological polar surface area (TPSA) is 47.6 Å². The lowest BCUT2D eigenvalue weighted by atomic mass is 10.2. The van der Waals surface area contributed by atoms with Gasteiger partial charge in [0.2, 0.25) is 0 Å². The van der Waals surface area contributed by atoms with Gasteiger partial charge in [-0.1, -0.05) is 6.07 Å². The third-order valence-electron chi connectivity index (χ3n) is 2.84. The molecule has 0 atom stereocenters. The minimum absolute atomic E-state index is 0.371. The molecule has 0 fully saturated rings. The van der Waals surface area contributed by atoms with E-state index >= 15 is 0 Å². The highest BCUT2D eigenvalue weighted by Gasteiger charge is 2.15. The van der Waals surface area contributed by atoms with Gasteiger partial charge in [0.15, 0.2) is 23.1 Å². The lowest BCUT2D eigenvalue weighted by molar-refractivity contribution is 0.102. The first-order chi connectivity index (χ1) is 10.1. The van der Waals surface area contributed by atoms with Gasteiger partial charge in [0.05, 0.1) is 19.8 Å². The van der Waals surface area contributed by atoms with Gasteiger partial charge < -0.3 is 14.8 Å². The van der Waals surface area contributed by atoms with Gasteiger partial charge in [0.25, 0.3) is 5.91 Å². The molecule has 6 heteroatoms. The van der Waals surface area contributed by atoms with E-state index in [4.69, 9.17) is 9.47 Å². The standard InChI is InChI=1S/C15H13F2NO3/c1-20-12-7-6-9(8-13(12)21-2)18-15(19)10-4-3-5-11(16)14(10)17/h3-8H,1-2H3,(H,18,19). The van der Waals surface area contributed by atoms with E-state index in [0.29, 0.717) is 17.2 Å². The number of ether oxygens (including phenoxy) is 2. The third kappa shape index (κ3) is 3.10. The van der Waals surface area contributed by atoms with Gasteiger partial charge in [-0.15, -0.1) is 0 Å². The van der Waals surface area contributed by atoms with Crippen LogP contribution >= 0.6 is 0 Å². The molecular weight excluding hydrogens is 280 g/mol. The van der Waals surface area contributed by atoms with E-state index in [9.17, 15) is 13.6 Å². The summed E-state index contributed by atoms with van der Waals surface area (Å²) in [4.78, 5) is 12.0. The van der Waals surface area contributed by atoms with Crippen molar-refractivity contribution in [3.8, 4) is 11.5 Å². The maximum absolute atomic E-state index is 13.5. The Hall–Kier alpha value is -2.63. The molecule has 1 amide bonds. The van der Waals surface area contributed by atoms with Crippen LogP contribution in [0.1, 0.15) is 10.4 Å². The predicted molar refractivity (Wildman–Crippen MR) is 73.9 cm³/mol. The number of hydrogen-bond acceptors (Lipinski definition) is 3. The molecular formula is C15H13F2NO3. The Morgan fingerprint density at radius 1 is 1.05 bits per heavy atom. The molecule has 0 aliphatic rings.